The summed E-state index contributed by atoms with van der Waals surface area (Å²) >= 11 is 0. The van der Waals surface area contributed by atoms with Crippen LogP contribution in [0.2, 0.25) is 0 Å². The van der Waals surface area contributed by atoms with Crippen LogP contribution >= 0.6 is 0 Å². The van der Waals surface area contributed by atoms with E-state index in [4.69, 9.17) is 0 Å². The maximum Gasteiger partial charge on any atom is 0.407 e. The first kappa shape index (κ1) is 19.5. The van der Waals surface area contributed by atoms with E-state index in [1.807, 2.05) is 6.92 Å². The van der Waals surface area contributed by atoms with Crippen molar-refractivity contribution in [3.63, 3.8) is 0 Å². The van der Waals surface area contributed by atoms with Crippen molar-refractivity contribution in [1.82, 2.24) is 4.90 Å². The number of carbonyl (C=O) groups is 1. The van der Waals surface area contributed by atoms with Gasteiger partial charge in [-0.05, 0) is 61.1 Å². The second-order valence-electron chi connectivity index (χ2n) is 6.31. The number of nitrogens with zero attached hydrogens (tertiary/aromatic N) is 1. The number of hydrogen-bond acceptors (Lipinski definition) is 2. The first-order chi connectivity index (χ1) is 12.4. The fourth-order valence-corrected chi connectivity index (χ4v) is 3.04. The molecule has 0 aliphatic heterocycles. The Balaban J connectivity index is 2.12. The smallest absolute Gasteiger partial charge is 0.407 e. The molecule has 0 radical (unpaired) electrons. The SMILES string of the molecule is C=CC[C@@H](CCN(C(=O)O)[C@@H](C)c1ccc(O)cc1)c1ccc(F)cc1. The monoisotopic (exact) mass is 357 g/mol. The van der Waals surface area contributed by atoms with E-state index in [1.165, 1.54) is 17.0 Å². The van der Waals surface area contributed by atoms with Crippen molar-refractivity contribution in [2.24, 2.45) is 0 Å². The van der Waals surface area contributed by atoms with Gasteiger partial charge in [-0.3, -0.25) is 0 Å². The zero-order chi connectivity index (χ0) is 19.1. The minimum atomic E-state index is -0.998. The number of rotatable bonds is 8. The highest BCUT2D eigenvalue weighted by molar-refractivity contribution is 5.65. The van der Waals surface area contributed by atoms with Gasteiger partial charge < -0.3 is 15.1 Å². The largest absolute Gasteiger partial charge is 0.508 e. The molecule has 0 unspecified atom stereocenters. The summed E-state index contributed by atoms with van der Waals surface area (Å²) in [5.74, 6) is -0.0774. The molecule has 0 fully saturated rings. The Morgan fingerprint density at radius 3 is 2.27 bits per heavy atom. The van der Waals surface area contributed by atoms with Gasteiger partial charge in [-0.2, -0.15) is 0 Å². The second-order valence-corrected chi connectivity index (χ2v) is 6.31. The maximum absolute atomic E-state index is 13.2. The van der Waals surface area contributed by atoms with Crippen LogP contribution in [0.1, 0.15) is 42.9 Å². The van der Waals surface area contributed by atoms with Crippen LogP contribution in [-0.2, 0) is 0 Å². The van der Waals surface area contributed by atoms with Gasteiger partial charge in [-0.15, -0.1) is 6.58 Å². The number of allylic oxidation sites excluding steroid dienone is 1. The molecule has 4 nitrogen and oxygen atoms in total. The van der Waals surface area contributed by atoms with Crippen LogP contribution in [0.4, 0.5) is 9.18 Å². The number of halogens is 1. The Morgan fingerprint density at radius 2 is 1.73 bits per heavy atom. The zero-order valence-electron chi connectivity index (χ0n) is 14.8. The number of phenolic OH excluding ortho intramolecular Hbond substituents is 1. The number of benzene rings is 2. The Bertz CT molecular complexity index is 728. The van der Waals surface area contributed by atoms with Gasteiger partial charge in [0.2, 0.25) is 0 Å². The van der Waals surface area contributed by atoms with Gasteiger partial charge in [0.05, 0.1) is 6.04 Å². The summed E-state index contributed by atoms with van der Waals surface area (Å²) in [6.45, 7) is 5.93. The van der Waals surface area contributed by atoms with Crippen LogP contribution < -0.4 is 0 Å². The van der Waals surface area contributed by atoms with E-state index in [1.54, 1.807) is 42.5 Å². The van der Waals surface area contributed by atoms with E-state index >= 15 is 0 Å². The van der Waals surface area contributed by atoms with E-state index in [-0.39, 0.29) is 23.5 Å². The first-order valence-corrected chi connectivity index (χ1v) is 8.57. The van der Waals surface area contributed by atoms with Crippen molar-refractivity contribution in [3.05, 3.63) is 78.1 Å². The Hall–Kier alpha value is -2.82. The van der Waals surface area contributed by atoms with Crippen molar-refractivity contribution in [1.29, 1.82) is 0 Å². The van der Waals surface area contributed by atoms with Crippen LogP contribution in [0, 0.1) is 5.82 Å². The third-order valence-corrected chi connectivity index (χ3v) is 4.60. The molecule has 138 valence electrons. The van der Waals surface area contributed by atoms with Crippen molar-refractivity contribution in [3.8, 4) is 5.75 Å². The molecule has 0 aromatic heterocycles. The highest BCUT2D eigenvalue weighted by atomic mass is 19.1. The molecule has 0 saturated heterocycles. The summed E-state index contributed by atoms with van der Waals surface area (Å²) in [4.78, 5) is 13.1. The van der Waals surface area contributed by atoms with Crippen LogP contribution in [0.15, 0.2) is 61.2 Å². The minimum Gasteiger partial charge on any atom is -0.508 e. The standard InChI is InChI=1S/C21H24FNO3/c1-3-4-17(18-5-9-19(22)10-6-18)13-14-23(21(25)26)15(2)16-7-11-20(24)12-8-16/h3,5-12,15,17,24H,1,4,13-14H2,2H3,(H,25,26)/t15-,17-/m0/s1. The van der Waals surface area contributed by atoms with Crippen LogP contribution in [-0.4, -0.2) is 27.8 Å². The summed E-state index contributed by atoms with van der Waals surface area (Å²) in [6, 6.07) is 12.5. The summed E-state index contributed by atoms with van der Waals surface area (Å²) in [6.07, 6.45) is 2.09. The molecule has 0 saturated carbocycles. The number of amides is 1. The lowest BCUT2D eigenvalue weighted by Gasteiger charge is -2.28. The summed E-state index contributed by atoms with van der Waals surface area (Å²) < 4.78 is 13.2. The van der Waals surface area contributed by atoms with Gasteiger partial charge in [0.1, 0.15) is 11.6 Å². The average Bonchev–Trinajstić information content (AvgIpc) is 2.62. The van der Waals surface area contributed by atoms with Gasteiger partial charge in [-0.1, -0.05) is 30.3 Å². The van der Waals surface area contributed by atoms with Crippen molar-refractivity contribution in [2.75, 3.05) is 6.54 Å². The van der Waals surface area contributed by atoms with E-state index < -0.39 is 6.09 Å². The second kappa shape index (κ2) is 9.04. The molecule has 26 heavy (non-hydrogen) atoms. The molecule has 2 N–H and O–H groups in total. The molecule has 0 aliphatic rings. The quantitative estimate of drug-likeness (QED) is 0.628. The topological polar surface area (TPSA) is 60.8 Å². The van der Waals surface area contributed by atoms with Crippen molar-refractivity contribution < 1.29 is 19.4 Å². The highest BCUT2D eigenvalue weighted by Crippen LogP contribution is 2.28. The maximum atomic E-state index is 13.2. The Kier molecular flexibility index (Phi) is 6.78. The molecule has 0 heterocycles. The predicted octanol–water partition coefficient (Wildman–Crippen LogP) is 5.32. The molecule has 2 atom stereocenters. The number of hydrogen-bond donors (Lipinski definition) is 2. The van der Waals surface area contributed by atoms with Crippen LogP contribution in [0.25, 0.3) is 0 Å². The Labute approximate surface area is 153 Å². The molecule has 2 aromatic carbocycles. The summed E-state index contributed by atoms with van der Waals surface area (Å²) in [5, 5.41) is 19.0. The fourth-order valence-electron chi connectivity index (χ4n) is 3.04. The lowest BCUT2D eigenvalue weighted by atomic mass is 9.92. The predicted molar refractivity (Wildman–Crippen MR) is 99.8 cm³/mol. The molecule has 2 aromatic rings. The van der Waals surface area contributed by atoms with E-state index in [0.717, 1.165) is 11.1 Å². The van der Waals surface area contributed by atoms with Gasteiger partial charge in [0.25, 0.3) is 0 Å². The number of phenols is 1. The molecule has 5 heteroatoms. The molecule has 0 bridgehead atoms. The molecule has 2 rings (SSSR count). The van der Waals surface area contributed by atoms with Gasteiger partial charge >= 0.3 is 6.09 Å². The normalized spacial score (nSPS) is 13.0. The molecule has 1 amide bonds. The van der Waals surface area contributed by atoms with Crippen molar-refractivity contribution >= 4 is 6.09 Å². The molecule has 0 aliphatic carbocycles. The third-order valence-electron chi connectivity index (χ3n) is 4.60. The summed E-state index contributed by atoms with van der Waals surface area (Å²) in [5.41, 5.74) is 1.78. The Morgan fingerprint density at radius 1 is 1.15 bits per heavy atom. The molecular formula is C21H24FNO3. The molecular weight excluding hydrogens is 333 g/mol. The van der Waals surface area contributed by atoms with E-state index in [2.05, 4.69) is 6.58 Å². The minimum absolute atomic E-state index is 0.0713. The average molecular weight is 357 g/mol. The zero-order valence-corrected chi connectivity index (χ0v) is 14.8. The van der Waals surface area contributed by atoms with Gasteiger partial charge in [0, 0.05) is 6.54 Å². The summed E-state index contributed by atoms with van der Waals surface area (Å²) in [7, 11) is 0. The van der Waals surface area contributed by atoms with Gasteiger partial charge in [0.15, 0.2) is 0 Å². The molecule has 0 spiro atoms. The van der Waals surface area contributed by atoms with E-state index in [0.29, 0.717) is 19.4 Å². The van der Waals surface area contributed by atoms with Crippen molar-refractivity contribution in [2.45, 2.75) is 31.7 Å². The lowest BCUT2D eigenvalue weighted by molar-refractivity contribution is 0.126. The van der Waals surface area contributed by atoms with Crippen LogP contribution in [0.5, 0.6) is 5.75 Å². The first-order valence-electron chi connectivity index (χ1n) is 8.57. The van der Waals surface area contributed by atoms with E-state index in [9.17, 15) is 19.4 Å². The third kappa shape index (κ3) is 5.09. The van der Waals surface area contributed by atoms with Crippen LogP contribution in [0.3, 0.4) is 0 Å². The highest BCUT2D eigenvalue weighted by Gasteiger charge is 2.22. The fraction of sp³-hybridized carbons (Fsp3) is 0.286. The number of aromatic hydroxyl groups is 1. The lowest BCUT2D eigenvalue weighted by Crippen LogP contribution is -2.33. The van der Waals surface area contributed by atoms with Gasteiger partial charge in [-0.25, -0.2) is 9.18 Å². The number of carboxylic acid groups (broad SMARTS) is 1.